The molecule has 0 aromatic heterocycles. The van der Waals surface area contributed by atoms with Gasteiger partial charge in [-0.25, -0.2) is 0 Å². The van der Waals surface area contributed by atoms with Crippen LogP contribution in [0.1, 0.15) is 26.7 Å². The monoisotopic (exact) mass is 167 g/mol. The summed E-state index contributed by atoms with van der Waals surface area (Å²) in [4.78, 5) is 2.35. The van der Waals surface area contributed by atoms with Crippen molar-refractivity contribution in [2.75, 3.05) is 13.1 Å². The van der Waals surface area contributed by atoms with E-state index in [1.54, 1.807) is 6.26 Å². The third-order valence-corrected chi connectivity index (χ3v) is 1.99. The molecule has 0 N–H and O–H groups in total. The van der Waals surface area contributed by atoms with Gasteiger partial charge in [0.15, 0.2) is 0 Å². The molecule has 1 aliphatic rings. The molecule has 0 aromatic rings. The summed E-state index contributed by atoms with van der Waals surface area (Å²) >= 11 is 0. The van der Waals surface area contributed by atoms with Crippen LogP contribution in [0.5, 0.6) is 0 Å². The summed E-state index contributed by atoms with van der Waals surface area (Å²) in [6, 6.07) is 0. The van der Waals surface area contributed by atoms with Gasteiger partial charge in [0.2, 0.25) is 0 Å². The minimum absolute atomic E-state index is 1.01. The van der Waals surface area contributed by atoms with Gasteiger partial charge >= 0.3 is 0 Å². The van der Waals surface area contributed by atoms with Crippen LogP contribution in [-0.2, 0) is 4.74 Å². The van der Waals surface area contributed by atoms with Gasteiger partial charge in [0.05, 0.1) is 12.0 Å². The van der Waals surface area contributed by atoms with E-state index in [9.17, 15) is 0 Å². The molecule has 0 fully saturated rings. The molecule has 2 heteroatoms. The van der Waals surface area contributed by atoms with Crippen LogP contribution in [0, 0.1) is 0 Å². The Morgan fingerprint density at radius 2 is 2.33 bits per heavy atom. The van der Waals surface area contributed by atoms with Gasteiger partial charge in [-0.15, -0.1) is 0 Å². The smallest absolute Gasteiger partial charge is 0.110 e. The molecule has 1 aliphatic heterocycles. The fourth-order valence-corrected chi connectivity index (χ4v) is 1.37. The van der Waals surface area contributed by atoms with Gasteiger partial charge < -0.3 is 9.64 Å². The van der Waals surface area contributed by atoms with Crippen LogP contribution in [-0.4, -0.2) is 18.0 Å². The van der Waals surface area contributed by atoms with Crippen LogP contribution in [0.2, 0.25) is 0 Å². The highest BCUT2D eigenvalue weighted by molar-refractivity contribution is 5.07. The molecule has 0 bridgehead atoms. The van der Waals surface area contributed by atoms with Crippen molar-refractivity contribution in [1.82, 2.24) is 4.90 Å². The average Bonchev–Trinajstić information content (AvgIpc) is 2.15. The summed E-state index contributed by atoms with van der Waals surface area (Å²) in [5, 5.41) is 0. The average molecular weight is 167 g/mol. The van der Waals surface area contributed by atoms with Gasteiger partial charge in [-0.3, -0.25) is 0 Å². The molecular formula is C10H17NO. The van der Waals surface area contributed by atoms with Crippen LogP contribution in [0.25, 0.3) is 0 Å². The molecule has 0 atom stereocenters. The second-order valence-corrected chi connectivity index (χ2v) is 2.90. The lowest BCUT2D eigenvalue weighted by Gasteiger charge is -2.25. The number of hydrogen-bond donors (Lipinski definition) is 0. The maximum absolute atomic E-state index is 5.13. The lowest BCUT2D eigenvalue weighted by atomic mass is 10.2. The van der Waals surface area contributed by atoms with E-state index < -0.39 is 0 Å². The fraction of sp³-hybridized carbons (Fsp3) is 0.600. The molecule has 0 saturated heterocycles. The second-order valence-electron chi connectivity index (χ2n) is 2.90. The van der Waals surface area contributed by atoms with Crippen LogP contribution in [0.3, 0.4) is 0 Å². The Morgan fingerprint density at radius 3 is 2.83 bits per heavy atom. The summed E-state index contributed by atoms with van der Waals surface area (Å²) in [7, 11) is 0. The SMILES string of the molecule is CCCN(CC)C1=COC=CC1. The van der Waals surface area contributed by atoms with E-state index in [2.05, 4.69) is 18.7 Å². The highest BCUT2D eigenvalue weighted by atomic mass is 16.5. The third-order valence-electron chi connectivity index (χ3n) is 1.99. The van der Waals surface area contributed by atoms with Gasteiger partial charge in [-0.1, -0.05) is 6.92 Å². The zero-order chi connectivity index (χ0) is 8.81. The lowest BCUT2D eigenvalue weighted by molar-refractivity contribution is 0.308. The molecule has 0 saturated carbocycles. The Kier molecular flexibility index (Phi) is 3.71. The zero-order valence-corrected chi connectivity index (χ0v) is 7.92. The summed E-state index contributed by atoms with van der Waals surface area (Å²) in [5.74, 6) is 0. The Balaban J connectivity index is 2.47. The van der Waals surface area contributed by atoms with Gasteiger partial charge in [0.1, 0.15) is 6.26 Å². The standard InChI is InChI=1S/C10H17NO/c1-3-7-11(4-2)10-6-5-8-12-9-10/h5,8-9H,3-4,6-7H2,1-2H3. The molecule has 0 unspecified atom stereocenters. The quantitative estimate of drug-likeness (QED) is 0.638. The molecule has 2 nitrogen and oxygen atoms in total. The van der Waals surface area contributed by atoms with Crippen molar-refractivity contribution in [1.29, 1.82) is 0 Å². The van der Waals surface area contributed by atoms with E-state index in [4.69, 9.17) is 4.74 Å². The molecule has 1 rings (SSSR count). The topological polar surface area (TPSA) is 12.5 Å². The van der Waals surface area contributed by atoms with Crippen molar-refractivity contribution >= 4 is 0 Å². The number of rotatable bonds is 4. The van der Waals surface area contributed by atoms with E-state index >= 15 is 0 Å². The summed E-state index contributed by atoms with van der Waals surface area (Å²) < 4.78 is 5.13. The summed E-state index contributed by atoms with van der Waals surface area (Å²) in [6.45, 7) is 6.56. The maximum atomic E-state index is 5.13. The first-order valence-electron chi connectivity index (χ1n) is 4.63. The first kappa shape index (κ1) is 9.17. The number of allylic oxidation sites excluding steroid dienone is 1. The Morgan fingerprint density at radius 1 is 1.50 bits per heavy atom. The second kappa shape index (κ2) is 4.86. The van der Waals surface area contributed by atoms with Gasteiger partial charge in [-0.2, -0.15) is 0 Å². The normalized spacial score (nSPS) is 15.3. The van der Waals surface area contributed by atoms with Crippen molar-refractivity contribution in [3.8, 4) is 0 Å². The lowest BCUT2D eigenvalue weighted by Crippen LogP contribution is -2.24. The number of hydrogen-bond acceptors (Lipinski definition) is 2. The van der Waals surface area contributed by atoms with Crippen LogP contribution in [0.15, 0.2) is 24.3 Å². The van der Waals surface area contributed by atoms with E-state index in [-0.39, 0.29) is 0 Å². The predicted molar refractivity (Wildman–Crippen MR) is 50.5 cm³/mol. The Bertz CT molecular complexity index is 184. The van der Waals surface area contributed by atoms with Crippen molar-refractivity contribution in [3.63, 3.8) is 0 Å². The van der Waals surface area contributed by atoms with Crippen molar-refractivity contribution < 1.29 is 4.74 Å². The summed E-state index contributed by atoms with van der Waals surface area (Å²) in [6.07, 6.45) is 7.83. The number of ether oxygens (including phenoxy) is 1. The van der Waals surface area contributed by atoms with Crippen molar-refractivity contribution in [2.24, 2.45) is 0 Å². The van der Waals surface area contributed by atoms with E-state index in [1.165, 1.54) is 12.1 Å². The first-order chi connectivity index (χ1) is 5.88. The molecule has 1 heterocycles. The van der Waals surface area contributed by atoms with Crippen LogP contribution >= 0.6 is 0 Å². The van der Waals surface area contributed by atoms with E-state index in [1.807, 2.05) is 12.3 Å². The maximum Gasteiger partial charge on any atom is 0.110 e. The molecule has 0 amide bonds. The van der Waals surface area contributed by atoms with Crippen LogP contribution in [0.4, 0.5) is 0 Å². The highest BCUT2D eigenvalue weighted by Crippen LogP contribution is 2.14. The number of nitrogens with zero attached hydrogens (tertiary/aromatic N) is 1. The molecule has 68 valence electrons. The highest BCUT2D eigenvalue weighted by Gasteiger charge is 2.07. The van der Waals surface area contributed by atoms with E-state index in [0.717, 1.165) is 19.5 Å². The Labute approximate surface area is 74.5 Å². The summed E-state index contributed by atoms with van der Waals surface area (Å²) in [5.41, 5.74) is 1.29. The minimum atomic E-state index is 1.01. The van der Waals surface area contributed by atoms with Crippen molar-refractivity contribution in [2.45, 2.75) is 26.7 Å². The van der Waals surface area contributed by atoms with Gasteiger partial charge in [0, 0.05) is 19.5 Å². The molecule has 0 aromatic carbocycles. The van der Waals surface area contributed by atoms with E-state index in [0.29, 0.717) is 0 Å². The zero-order valence-electron chi connectivity index (χ0n) is 7.92. The van der Waals surface area contributed by atoms with Gasteiger partial charge in [0.25, 0.3) is 0 Å². The molecule has 12 heavy (non-hydrogen) atoms. The predicted octanol–water partition coefficient (Wildman–Crippen LogP) is 2.49. The molecular weight excluding hydrogens is 150 g/mol. The molecule has 0 radical (unpaired) electrons. The minimum Gasteiger partial charge on any atom is -0.471 e. The fourth-order valence-electron chi connectivity index (χ4n) is 1.37. The van der Waals surface area contributed by atoms with Crippen LogP contribution < -0.4 is 0 Å². The molecule has 0 aliphatic carbocycles. The Hall–Kier alpha value is -0.920. The molecule has 0 spiro atoms. The first-order valence-corrected chi connectivity index (χ1v) is 4.63. The van der Waals surface area contributed by atoms with Crippen molar-refractivity contribution in [3.05, 3.63) is 24.3 Å². The largest absolute Gasteiger partial charge is 0.471 e. The van der Waals surface area contributed by atoms with Gasteiger partial charge in [-0.05, 0) is 19.4 Å². The third kappa shape index (κ3) is 2.29.